The number of aromatic nitrogens is 2. The second-order valence-electron chi connectivity index (χ2n) is 8.07. The summed E-state index contributed by atoms with van der Waals surface area (Å²) in [5.74, 6) is 0.119. The molecule has 0 aliphatic carbocycles. The van der Waals surface area contributed by atoms with E-state index in [1.165, 1.54) is 17.7 Å². The third-order valence-electron chi connectivity index (χ3n) is 5.45. The van der Waals surface area contributed by atoms with Crippen LogP contribution in [0.2, 0.25) is 0 Å². The fourth-order valence-corrected chi connectivity index (χ4v) is 4.69. The van der Waals surface area contributed by atoms with Crippen molar-refractivity contribution < 1.29 is 17.9 Å². The predicted octanol–water partition coefficient (Wildman–Crippen LogP) is 3.99. The Labute approximate surface area is 205 Å². The number of nitrogens with zero attached hydrogens (tertiary/aromatic N) is 2. The Morgan fingerprint density at radius 2 is 1.63 bits per heavy atom. The Morgan fingerprint density at radius 1 is 0.886 bits per heavy atom. The molecule has 1 amide bonds. The number of benzene rings is 3. The van der Waals surface area contributed by atoms with E-state index in [0.717, 1.165) is 17.5 Å². The smallest absolute Gasteiger partial charge is 0.264 e. The van der Waals surface area contributed by atoms with Gasteiger partial charge in [0.25, 0.3) is 10.0 Å². The first-order chi connectivity index (χ1) is 17.0. The molecule has 0 bridgehead atoms. The summed E-state index contributed by atoms with van der Waals surface area (Å²) in [7, 11) is -3.90. The number of hydrogen-bond donors (Lipinski definition) is 1. The number of carbonyl (C=O) groups excluding carboxylic acids is 1. The lowest BCUT2D eigenvalue weighted by Crippen LogP contribution is -2.30. The van der Waals surface area contributed by atoms with Gasteiger partial charge in [0.1, 0.15) is 5.75 Å². The van der Waals surface area contributed by atoms with Crippen molar-refractivity contribution in [1.29, 1.82) is 0 Å². The highest BCUT2D eigenvalue weighted by atomic mass is 32.2. The van der Waals surface area contributed by atoms with Gasteiger partial charge in [-0.15, -0.1) is 0 Å². The maximum absolute atomic E-state index is 12.5. The summed E-state index contributed by atoms with van der Waals surface area (Å²) < 4.78 is 35.0. The Bertz CT molecular complexity index is 1340. The molecule has 0 radical (unpaired) electrons. The molecule has 0 saturated heterocycles. The maximum atomic E-state index is 12.5. The average Bonchev–Trinajstić information content (AvgIpc) is 3.37. The van der Waals surface area contributed by atoms with Crippen LogP contribution in [0.1, 0.15) is 23.1 Å². The first-order valence-electron chi connectivity index (χ1n) is 11.4. The monoisotopic (exact) mass is 489 g/mol. The molecule has 1 N–H and O–H groups in total. The van der Waals surface area contributed by atoms with E-state index in [0.29, 0.717) is 25.3 Å². The summed E-state index contributed by atoms with van der Waals surface area (Å²) in [6.45, 7) is 1.08. The van der Waals surface area contributed by atoms with Crippen molar-refractivity contribution in [2.45, 2.75) is 30.7 Å². The minimum Gasteiger partial charge on any atom is -0.493 e. The zero-order valence-electron chi connectivity index (χ0n) is 19.2. The SMILES string of the molecule is O=C(CCc1ccc(Cn2cccn2)cc1OCCc1ccccc1)NS(=O)(=O)c1ccccc1. The number of amides is 1. The highest BCUT2D eigenvalue weighted by molar-refractivity contribution is 7.90. The Hall–Kier alpha value is -3.91. The molecule has 7 nitrogen and oxygen atoms in total. The van der Waals surface area contributed by atoms with Crippen molar-refractivity contribution in [1.82, 2.24) is 14.5 Å². The molecule has 8 heteroatoms. The third kappa shape index (κ3) is 7.04. The number of carbonyl (C=O) groups is 1. The molecule has 1 heterocycles. The standard InChI is InChI=1S/C27H27N3O4S/c31-27(29-35(32,33)25-10-5-2-6-11-25)15-14-24-13-12-23(21-30-18-7-17-28-30)20-26(24)34-19-16-22-8-3-1-4-9-22/h1-13,17-18,20H,14-16,19,21H2,(H,29,31). The molecule has 3 aromatic carbocycles. The molecule has 0 unspecified atom stereocenters. The summed E-state index contributed by atoms with van der Waals surface area (Å²) in [5.41, 5.74) is 3.03. The fourth-order valence-electron chi connectivity index (χ4n) is 3.65. The molecule has 0 saturated carbocycles. The van der Waals surface area contributed by atoms with Crippen LogP contribution in [-0.2, 0) is 34.2 Å². The number of rotatable bonds is 11. The summed E-state index contributed by atoms with van der Waals surface area (Å²) >= 11 is 0. The predicted molar refractivity (Wildman–Crippen MR) is 134 cm³/mol. The van der Waals surface area contributed by atoms with Crippen LogP contribution in [0.5, 0.6) is 5.75 Å². The van der Waals surface area contributed by atoms with Crippen LogP contribution in [0, 0.1) is 0 Å². The molecule has 4 rings (SSSR count). The zero-order valence-corrected chi connectivity index (χ0v) is 20.0. The van der Waals surface area contributed by atoms with Crippen LogP contribution in [0.25, 0.3) is 0 Å². The molecule has 0 atom stereocenters. The van der Waals surface area contributed by atoms with Crippen molar-refractivity contribution in [2.24, 2.45) is 0 Å². The van der Waals surface area contributed by atoms with Crippen LogP contribution in [-0.4, -0.2) is 30.7 Å². The van der Waals surface area contributed by atoms with Gasteiger partial charge in [-0.25, -0.2) is 13.1 Å². The van der Waals surface area contributed by atoms with Gasteiger partial charge in [0.2, 0.25) is 5.91 Å². The first kappa shape index (κ1) is 24.2. The van der Waals surface area contributed by atoms with Crippen molar-refractivity contribution in [2.75, 3.05) is 6.61 Å². The summed E-state index contributed by atoms with van der Waals surface area (Å²) in [6.07, 6.45) is 4.73. The molecule has 35 heavy (non-hydrogen) atoms. The van der Waals surface area contributed by atoms with E-state index >= 15 is 0 Å². The van der Waals surface area contributed by atoms with Crippen LogP contribution >= 0.6 is 0 Å². The Morgan fingerprint density at radius 3 is 2.34 bits per heavy atom. The van der Waals surface area contributed by atoms with Crippen molar-refractivity contribution >= 4 is 15.9 Å². The summed E-state index contributed by atoms with van der Waals surface area (Å²) in [5, 5.41) is 4.25. The minimum atomic E-state index is -3.90. The quantitative estimate of drug-likeness (QED) is 0.344. The number of hydrogen-bond acceptors (Lipinski definition) is 5. The van der Waals surface area contributed by atoms with Crippen LogP contribution in [0.15, 0.2) is 102 Å². The number of ether oxygens (including phenoxy) is 1. The van der Waals surface area contributed by atoms with E-state index in [-0.39, 0.29) is 11.3 Å². The molecule has 4 aromatic rings. The second-order valence-corrected chi connectivity index (χ2v) is 9.75. The summed E-state index contributed by atoms with van der Waals surface area (Å²) in [4.78, 5) is 12.5. The van der Waals surface area contributed by atoms with Gasteiger partial charge >= 0.3 is 0 Å². The minimum absolute atomic E-state index is 0.0135. The topological polar surface area (TPSA) is 90.3 Å². The lowest BCUT2D eigenvalue weighted by atomic mass is 10.1. The number of sulfonamides is 1. The molecule has 0 aliphatic rings. The lowest BCUT2D eigenvalue weighted by Gasteiger charge is -2.14. The molecular weight excluding hydrogens is 462 g/mol. The normalized spacial score (nSPS) is 11.2. The van der Waals surface area contributed by atoms with Crippen molar-refractivity contribution in [3.63, 3.8) is 0 Å². The zero-order chi connectivity index (χ0) is 24.5. The number of nitrogens with one attached hydrogen (secondary N) is 1. The molecule has 1 aromatic heterocycles. The number of aryl methyl sites for hydroxylation is 1. The van der Waals surface area contributed by atoms with E-state index < -0.39 is 15.9 Å². The maximum Gasteiger partial charge on any atom is 0.264 e. The van der Waals surface area contributed by atoms with Crippen LogP contribution in [0.4, 0.5) is 0 Å². The van der Waals surface area contributed by atoms with Gasteiger partial charge in [0.15, 0.2) is 0 Å². The van der Waals surface area contributed by atoms with E-state index in [9.17, 15) is 13.2 Å². The van der Waals surface area contributed by atoms with Crippen LogP contribution in [0.3, 0.4) is 0 Å². The van der Waals surface area contributed by atoms with Crippen LogP contribution < -0.4 is 9.46 Å². The van der Waals surface area contributed by atoms with Gasteiger partial charge in [-0.3, -0.25) is 9.48 Å². The largest absolute Gasteiger partial charge is 0.493 e. The average molecular weight is 490 g/mol. The van der Waals surface area contributed by atoms with E-state index in [1.807, 2.05) is 53.3 Å². The van der Waals surface area contributed by atoms with Gasteiger partial charge in [-0.05, 0) is 47.4 Å². The van der Waals surface area contributed by atoms with Gasteiger partial charge in [-0.2, -0.15) is 5.10 Å². The fraction of sp³-hybridized carbons (Fsp3) is 0.185. The second kappa shape index (κ2) is 11.5. The van der Waals surface area contributed by atoms with Gasteiger partial charge in [-0.1, -0.05) is 60.7 Å². The van der Waals surface area contributed by atoms with E-state index in [1.54, 1.807) is 24.4 Å². The highest BCUT2D eigenvalue weighted by Crippen LogP contribution is 2.23. The van der Waals surface area contributed by atoms with Gasteiger partial charge < -0.3 is 4.74 Å². The molecule has 180 valence electrons. The first-order valence-corrected chi connectivity index (χ1v) is 12.8. The Kier molecular flexibility index (Phi) is 7.95. The van der Waals surface area contributed by atoms with E-state index in [4.69, 9.17) is 4.74 Å². The molecule has 0 fully saturated rings. The molecular formula is C27H27N3O4S. The molecule has 0 spiro atoms. The van der Waals surface area contributed by atoms with Crippen molar-refractivity contribution in [3.8, 4) is 5.75 Å². The third-order valence-corrected chi connectivity index (χ3v) is 6.84. The molecule has 0 aliphatic heterocycles. The van der Waals surface area contributed by atoms with E-state index in [2.05, 4.69) is 22.0 Å². The Balaban J connectivity index is 1.43. The highest BCUT2D eigenvalue weighted by Gasteiger charge is 2.17. The lowest BCUT2D eigenvalue weighted by molar-refractivity contribution is -0.119. The van der Waals surface area contributed by atoms with Crippen molar-refractivity contribution in [3.05, 3.63) is 114 Å². The summed E-state index contributed by atoms with van der Waals surface area (Å²) in [6, 6.07) is 25.6. The van der Waals surface area contributed by atoms with Gasteiger partial charge in [0.05, 0.1) is 18.0 Å². The van der Waals surface area contributed by atoms with Gasteiger partial charge in [0, 0.05) is 25.2 Å².